The number of piperidine rings is 1. The Labute approximate surface area is 179 Å². The molecule has 2 aliphatic carbocycles. The summed E-state index contributed by atoms with van der Waals surface area (Å²) in [6, 6.07) is 7.53. The van der Waals surface area contributed by atoms with Crippen LogP contribution in [0.4, 0.5) is 0 Å². The summed E-state index contributed by atoms with van der Waals surface area (Å²) in [6.45, 7) is 5.28. The number of aliphatic hydroxyl groups excluding tert-OH is 1. The van der Waals surface area contributed by atoms with Crippen LogP contribution >= 0.6 is 0 Å². The molecule has 2 heterocycles. The molecule has 1 aromatic heterocycles. The maximum Gasteiger partial charge on any atom is 0.224 e. The predicted octanol–water partition coefficient (Wildman–Crippen LogP) is 3.60. The quantitative estimate of drug-likeness (QED) is 0.814. The number of fused-ring (bicyclic) bond motifs is 2. The third kappa shape index (κ3) is 3.27. The van der Waals surface area contributed by atoms with Crippen LogP contribution in [0.25, 0.3) is 10.9 Å². The average Bonchev–Trinajstić information content (AvgIpc) is 3.10. The third-order valence-electron chi connectivity index (χ3n) is 7.86. The molecule has 1 aliphatic heterocycles. The van der Waals surface area contributed by atoms with E-state index in [2.05, 4.69) is 60.1 Å². The fourth-order valence-corrected chi connectivity index (χ4v) is 6.27. The van der Waals surface area contributed by atoms with E-state index in [0.717, 1.165) is 45.1 Å². The molecule has 162 valence electrons. The van der Waals surface area contributed by atoms with Crippen molar-refractivity contribution in [3.8, 4) is 0 Å². The van der Waals surface area contributed by atoms with Gasteiger partial charge in [-0.05, 0) is 63.8 Å². The topological polar surface area (TPSA) is 57.5 Å². The van der Waals surface area contributed by atoms with Crippen LogP contribution in [-0.2, 0) is 11.2 Å². The van der Waals surface area contributed by atoms with Gasteiger partial charge in [0, 0.05) is 41.6 Å². The monoisotopic (exact) mass is 409 g/mol. The van der Waals surface area contributed by atoms with Gasteiger partial charge in [0.1, 0.15) is 0 Å². The molecule has 30 heavy (non-hydrogen) atoms. The molecule has 1 amide bonds. The number of nitrogens with zero attached hydrogens (tertiary/aromatic N) is 2. The van der Waals surface area contributed by atoms with E-state index in [4.69, 9.17) is 0 Å². The lowest BCUT2D eigenvalue weighted by Gasteiger charge is -2.45. The number of aliphatic hydroxyl groups is 1. The standard InChI is InChI=1S/C25H35N3O2/c1-15(2)28-14-16-12-22-19(18-7-6-9-21(28)24(16)18)11-17(13-27(22)3)25(30)26-20-8-4-5-10-23(20)29/h6-7,9,14-15,17,19-20,22-23,29H,4-5,8,10-13H2,1-3H3,(H,26,30)/t17?,19-,20?,22-,23?/m1/s1. The molecule has 5 nitrogen and oxygen atoms in total. The van der Waals surface area contributed by atoms with Gasteiger partial charge in [-0.15, -0.1) is 0 Å². The number of hydrogen-bond acceptors (Lipinski definition) is 3. The Morgan fingerprint density at radius 1 is 1.23 bits per heavy atom. The molecule has 5 atom stereocenters. The van der Waals surface area contributed by atoms with E-state index >= 15 is 0 Å². The lowest BCUT2D eigenvalue weighted by molar-refractivity contribution is -0.129. The summed E-state index contributed by atoms with van der Waals surface area (Å²) in [7, 11) is 2.18. The second kappa shape index (κ2) is 7.69. The fraction of sp³-hybridized carbons (Fsp3) is 0.640. The number of nitrogens with one attached hydrogen (secondary N) is 1. The zero-order valence-corrected chi connectivity index (χ0v) is 18.5. The summed E-state index contributed by atoms with van der Waals surface area (Å²) in [5, 5.41) is 14.9. The van der Waals surface area contributed by atoms with Gasteiger partial charge in [0.05, 0.1) is 18.1 Å². The summed E-state index contributed by atoms with van der Waals surface area (Å²) >= 11 is 0. The zero-order chi connectivity index (χ0) is 21.0. The molecule has 3 aliphatic rings. The molecule has 2 aromatic rings. The Morgan fingerprint density at radius 2 is 2.03 bits per heavy atom. The van der Waals surface area contributed by atoms with Crippen molar-refractivity contribution in [3.63, 3.8) is 0 Å². The Kier molecular flexibility index (Phi) is 5.14. The molecular formula is C25H35N3O2. The van der Waals surface area contributed by atoms with Crippen molar-refractivity contribution in [1.82, 2.24) is 14.8 Å². The zero-order valence-electron chi connectivity index (χ0n) is 18.5. The van der Waals surface area contributed by atoms with Crippen molar-refractivity contribution in [1.29, 1.82) is 0 Å². The summed E-state index contributed by atoms with van der Waals surface area (Å²) in [6.07, 6.45) is 7.77. The SMILES string of the molecule is CC(C)n1cc2c3c(cccc31)[C@H]1CC(C(=O)NC3CCCCC3O)CN(C)[C@@H]1C2. The molecule has 1 saturated carbocycles. The fourth-order valence-electron chi connectivity index (χ4n) is 6.27. The maximum absolute atomic E-state index is 13.2. The van der Waals surface area contributed by atoms with Crippen molar-refractivity contribution in [2.75, 3.05) is 13.6 Å². The van der Waals surface area contributed by atoms with E-state index < -0.39 is 6.10 Å². The van der Waals surface area contributed by atoms with E-state index in [9.17, 15) is 9.90 Å². The second-order valence-electron chi connectivity index (χ2n) is 10.1. The molecule has 5 rings (SSSR count). The molecule has 5 heteroatoms. The molecular weight excluding hydrogens is 374 g/mol. The number of likely N-dealkylation sites (tertiary alicyclic amines) is 1. The molecule has 1 aromatic carbocycles. The number of rotatable bonds is 3. The first-order chi connectivity index (χ1) is 14.4. The van der Waals surface area contributed by atoms with Gasteiger partial charge in [-0.1, -0.05) is 25.0 Å². The first-order valence-corrected chi connectivity index (χ1v) is 11.7. The van der Waals surface area contributed by atoms with E-state index in [1.807, 2.05) is 0 Å². The molecule has 0 radical (unpaired) electrons. The number of carbonyl (C=O) groups is 1. The summed E-state index contributed by atoms with van der Waals surface area (Å²) < 4.78 is 2.40. The van der Waals surface area contributed by atoms with Crippen LogP contribution in [0.2, 0.25) is 0 Å². The van der Waals surface area contributed by atoms with Gasteiger partial charge < -0.3 is 19.9 Å². The van der Waals surface area contributed by atoms with Crippen molar-refractivity contribution in [2.45, 2.75) is 82.5 Å². The molecule has 0 spiro atoms. The minimum absolute atomic E-state index is 0.0191. The van der Waals surface area contributed by atoms with Crippen LogP contribution in [0.1, 0.15) is 69.0 Å². The lowest BCUT2D eigenvalue weighted by atomic mass is 9.72. The largest absolute Gasteiger partial charge is 0.391 e. The Morgan fingerprint density at radius 3 is 2.80 bits per heavy atom. The number of carbonyl (C=O) groups excluding carboxylic acids is 1. The number of likely N-dealkylation sites (N-methyl/N-ethyl adjacent to an activating group) is 1. The molecule has 2 fully saturated rings. The molecule has 0 bridgehead atoms. The molecule has 1 saturated heterocycles. The van der Waals surface area contributed by atoms with E-state index in [1.165, 1.54) is 22.0 Å². The Balaban J connectivity index is 1.42. The predicted molar refractivity (Wildman–Crippen MR) is 120 cm³/mol. The molecule has 3 unspecified atom stereocenters. The van der Waals surface area contributed by atoms with Gasteiger partial charge in [0.25, 0.3) is 0 Å². The van der Waals surface area contributed by atoms with Crippen LogP contribution in [0.3, 0.4) is 0 Å². The van der Waals surface area contributed by atoms with E-state index in [-0.39, 0.29) is 17.9 Å². The maximum atomic E-state index is 13.2. The molecule has 2 N–H and O–H groups in total. The van der Waals surface area contributed by atoms with Crippen molar-refractivity contribution in [2.24, 2.45) is 5.92 Å². The van der Waals surface area contributed by atoms with Crippen molar-refractivity contribution < 1.29 is 9.90 Å². The summed E-state index contributed by atoms with van der Waals surface area (Å²) in [5.74, 6) is 0.494. The number of hydrogen-bond donors (Lipinski definition) is 2. The van der Waals surface area contributed by atoms with Gasteiger partial charge in [-0.25, -0.2) is 0 Å². The average molecular weight is 410 g/mol. The van der Waals surface area contributed by atoms with Crippen LogP contribution in [0.5, 0.6) is 0 Å². The van der Waals surface area contributed by atoms with Crippen LogP contribution in [0.15, 0.2) is 24.4 Å². The van der Waals surface area contributed by atoms with E-state index in [1.54, 1.807) is 0 Å². The van der Waals surface area contributed by atoms with Gasteiger partial charge in [0.15, 0.2) is 0 Å². The lowest BCUT2D eigenvalue weighted by Crippen LogP contribution is -2.54. The number of aromatic nitrogens is 1. The highest BCUT2D eigenvalue weighted by atomic mass is 16.3. The van der Waals surface area contributed by atoms with E-state index in [0.29, 0.717) is 18.0 Å². The van der Waals surface area contributed by atoms with Crippen LogP contribution in [-0.4, -0.2) is 52.3 Å². The first-order valence-electron chi connectivity index (χ1n) is 11.7. The summed E-state index contributed by atoms with van der Waals surface area (Å²) in [4.78, 5) is 15.6. The normalized spacial score (nSPS) is 31.7. The Bertz CT molecular complexity index is 949. The Hall–Kier alpha value is -1.85. The highest BCUT2D eigenvalue weighted by Gasteiger charge is 2.42. The number of benzene rings is 1. The minimum Gasteiger partial charge on any atom is -0.391 e. The first kappa shape index (κ1) is 20.1. The second-order valence-corrected chi connectivity index (χ2v) is 10.1. The van der Waals surface area contributed by atoms with Gasteiger partial charge in [-0.2, -0.15) is 0 Å². The van der Waals surface area contributed by atoms with Gasteiger partial charge in [0.2, 0.25) is 5.91 Å². The van der Waals surface area contributed by atoms with Crippen molar-refractivity contribution >= 4 is 16.8 Å². The highest BCUT2D eigenvalue weighted by Crippen LogP contribution is 2.45. The highest BCUT2D eigenvalue weighted by molar-refractivity contribution is 5.89. The van der Waals surface area contributed by atoms with Gasteiger partial charge in [-0.3, -0.25) is 4.79 Å². The van der Waals surface area contributed by atoms with Crippen LogP contribution < -0.4 is 5.32 Å². The number of amides is 1. The minimum atomic E-state index is -0.390. The van der Waals surface area contributed by atoms with Crippen molar-refractivity contribution in [3.05, 3.63) is 35.5 Å². The smallest absolute Gasteiger partial charge is 0.224 e. The van der Waals surface area contributed by atoms with Crippen LogP contribution in [0, 0.1) is 5.92 Å². The van der Waals surface area contributed by atoms with Gasteiger partial charge >= 0.3 is 0 Å². The summed E-state index contributed by atoms with van der Waals surface area (Å²) in [5.41, 5.74) is 4.20. The third-order valence-corrected chi connectivity index (χ3v) is 7.86.